The average Bonchev–Trinajstić information content (AvgIpc) is 2.75. The smallest absolute Gasteiger partial charge is 0.241 e. The van der Waals surface area contributed by atoms with E-state index < -0.39 is 0 Å². The van der Waals surface area contributed by atoms with Gasteiger partial charge in [-0.25, -0.2) is 0 Å². The molecule has 0 saturated carbocycles. The third-order valence-electron chi connectivity index (χ3n) is 4.20. The highest BCUT2D eigenvalue weighted by Crippen LogP contribution is 2.23. The van der Waals surface area contributed by atoms with Gasteiger partial charge in [-0.05, 0) is 18.3 Å². The van der Waals surface area contributed by atoms with E-state index in [9.17, 15) is 4.79 Å². The largest absolute Gasteiger partial charge is 0.380 e. The molecule has 1 saturated heterocycles. The summed E-state index contributed by atoms with van der Waals surface area (Å²) in [4.78, 5) is 14.5. The number of hydrogen-bond acceptors (Lipinski definition) is 3. The Morgan fingerprint density at radius 3 is 2.50 bits per heavy atom. The van der Waals surface area contributed by atoms with E-state index >= 15 is 0 Å². The first-order chi connectivity index (χ1) is 9.52. The van der Waals surface area contributed by atoms with Crippen LogP contribution in [0, 0.1) is 11.8 Å². The van der Waals surface area contributed by atoms with Crippen LogP contribution in [-0.4, -0.2) is 42.8 Å². The average molecular weight is 284 g/mol. The van der Waals surface area contributed by atoms with Gasteiger partial charge in [0.15, 0.2) is 0 Å². The molecule has 1 aliphatic rings. The Kier molecular flexibility index (Phi) is 7.52. The van der Waals surface area contributed by atoms with Gasteiger partial charge in [0.25, 0.3) is 0 Å². The maximum Gasteiger partial charge on any atom is 0.241 e. The molecule has 4 nitrogen and oxygen atoms in total. The fourth-order valence-corrected chi connectivity index (χ4v) is 2.62. The van der Waals surface area contributed by atoms with Gasteiger partial charge in [0.05, 0.1) is 18.8 Å². The molecule has 20 heavy (non-hydrogen) atoms. The van der Waals surface area contributed by atoms with Crippen molar-refractivity contribution in [3.63, 3.8) is 0 Å². The van der Waals surface area contributed by atoms with E-state index in [0.29, 0.717) is 25.0 Å². The molecule has 0 aliphatic carbocycles. The lowest BCUT2D eigenvalue weighted by atomic mass is 9.99. The van der Waals surface area contributed by atoms with Crippen molar-refractivity contribution in [1.82, 2.24) is 10.2 Å². The van der Waals surface area contributed by atoms with Gasteiger partial charge in [0.1, 0.15) is 0 Å². The molecular formula is C16H32N2O2. The quantitative estimate of drug-likeness (QED) is 0.662. The minimum atomic E-state index is -0.0250. The van der Waals surface area contributed by atoms with Gasteiger partial charge < -0.3 is 9.64 Å². The summed E-state index contributed by atoms with van der Waals surface area (Å²) in [5.74, 6) is 1.05. The number of carbonyl (C=O) groups excluding carboxylic acids is 1. The predicted octanol–water partition coefficient (Wildman–Crippen LogP) is 2.63. The van der Waals surface area contributed by atoms with E-state index in [4.69, 9.17) is 4.74 Å². The van der Waals surface area contributed by atoms with Crippen molar-refractivity contribution in [2.24, 2.45) is 11.8 Å². The molecule has 0 bridgehead atoms. The Morgan fingerprint density at radius 2 is 1.95 bits per heavy atom. The number of nitrogens with zero attached hydrogens (tertiary/aromatic N) is 1. The Labute approximate surface area is 124 Å². The SMILES string of the molecule is CCCCOCCN1C(=O)C(C(C)CC)NC1C(C)C. The molecule has 3 atom stereocenters. The number of amides is 1. The molecule has 1 heterocycles. The van der Waals surface area contributed by atoms with Crippen LogP contribution < -0.4 is 5.32 Å². The molecule has 1 rings (SSSR count). The second-order valence-corrected chi connectivity index (χ2v) is 6.22. The van der Waals surface area contributed by atoms with Crippen molar-refractivity contribution in [1.29, 1.82) is 0 Å². The Bertz CT molecular complexity index is 294. The molecule has 3 unspecified atom stereocenters. The molecule has 4 heteroatoms. The van der Waals surface area contributed by atoms with Gasteiger partial charge in [-0.1, -0.05) is 47.5 Å². The summed E-state index contributed by atoms with van der Waals surface area (Å²) in [7, 11) is 0. The van der Waals surface area contributed by atoms with Crippen molar-refractivity contribution in [2.45, 2.75) is 66.1 Å². The van der Waals surface area contributed by atoms with Gasteiger partial charge in [-0.3, -0.25) is 10.1 Å². The minimum Gasteiger partial charge on any atom is -0.380 e. The van der Waals surface area contributed by atoms with Gasteiger partial charge in [-0.15, -0.1) is 0 Å². The lowest BCUT2D eigenvalue weighted by Crippen LogP contribution is -2.43. The molecule has 1 amide bonds. The van der Waals surface area contributed by atoms with Crippen LogP contribution in [0.4, 0.5) is 0 Å². The molecule has 0 aromatic heterocycles. The number of rotatable bonds is 9. The van der Waals surface area contributed by atoms with Crippen LogP contribution in [0.2, 0.25) is 0 Å². The zero-order chi connectivity index (χ0) is 15.1. The summed E-state index contributed by atoms with van der Waals surface area (Å²) in [6.07, 6.45) is 3.41. The van der Waals surface area contributed by atoms with Crippen LogP contribution in [0.1, 0.15) is 53.9 Å². The van der Waals surface area contributed by atoms with Crippen LogP contribution in [0.25, 0.3) is 0 Å². The summed E-state index contributed by atoms with van der Waals surface area (Å²) < 4.78 is 5.61. The molecule has 0 spiro atoms. The van der Waals surface area contributed by atoms with Crippen molar-refractivity contribution in [2.75, 3.05) is 19.8 Å². The van der Waals surface area contributed by atoms with Crippen molar-refractivity contribution < 1.29 is 9.53 Å². The summed E-state index contributed by atoms with van der Waals surface area (Å²) in [6.45, 7) is 12.9. The summed E-state index contributed by atoms with van der Waals surface area (Å²) >= 11 is 0. The highest BCUT2D eigenvalue weighted by Gasteiger charge is 2.41. The first-order valence-corrected chi connectivity index (χ1v) is 8.17. The molecule has 1 aliphatic heterocycles. The summed E-state index contributed by atoms with van der Waals surface area (Å²) in [6, 6.07) is -0.0250. The maximum atomic E-state index is 12.5. The molecule has 0 aromatic carbocycles. The fraction of sp³-hybridized carbons (Fsp3) is 0.938. The second-order valence-electron chi connectivity index (χ2n) is 6.22. The normalized spacial score (nSPS) is 24.7. The molecule has 0 aromatic rings. The lowest BCUT2D eigenvalue weighted by molar-refractivity contribution is -0.132. The van der Waals surface area contributed by atoms with Crippen LogP contribution in [0.5, 0.6) is 0 Å². The topological polar surface area (TPSA) is 41.6 Å². The zero-order valence-corrected chi connectivity index (χ0v) is 13.8. The fourth-order valence-electron chi connectivity index (χ4n) is 2.62. The molecule has 1 N–H and O–H groups in total. The maximum absolute atomic E-state index is 12.5. The van der Waals surface area contributed by atoms with E-state index in [-0.39, 0.29) is 18.1 Å². The van der Waals surface area contributed by atoms with Crippen molar-refractivity contribution in [3.05, 3.63) is 0 Å². The van der Waals surface area contributed by atoms with E-state index in [1.165, 1.54) is 0 Å². The summed E-state index contributed by atoms with van der Waals surface area (Å²) in [5, 5.41) is 3.51. The van der Waals surface area contributed by atoms with E-state index in [1.807, 2.05) is 4.90 Å². The number of hydrogen-bond donors (Lipinski definition) is 1. The van der Waals surface area contributed by atoms with Crippen LogP contribution in [-0.2, 0) is 9.53 Å². The first-order valence-electron chi connectivity index (χ1n) is 8.17. The standard InChI is InChI=1S/C16H32N2O2/c1-6-8-10-20-11-9-18-15(12(3)4)17-14(16(18)19)13(5)7-2/h12-15,17H,6-11H2,1-5H3. The van der Waals surface area contributed by atoms with Crippen LogP contribution in [0.15, 0.2) is 0 Å². The van der Waals surface area contributed by atoms with Crippen LogP contribution in [0.3, 0.4) is 0 Å². The number of nitrogens with one attached hydrogen (secondary N) is 1. The predicted molar refractivity (Wildman–Crippen MR) is 82.4 cm³/mol. The van der Waals surface area contributed by atoms with Gasteiger partial charge in [0.2, 0.25) is 5.91 Å². The second kappa shape index (κ2) is 8.63. The lowest BCUT2D eigenvalue weighted by Gasteiger charge is -2.27. The zero-order valence-electron chi connectivity index (χ0n) is 13.8. The third-order valence-corrected chi connectivity index (χ3v) is 4.20. The molecule has 1 fully saturated rings. The number of unbranched alkanes of at least 4 members (excludes halogenated alkanes) is 1. The number of carbonyl (C=O) groups is 1. The molecule has 0 radical (unpaired) electrons. The van der Waals surface area contributed by atoms with Crippen molar-refractivity contribution >= 4 is 5.91 Å². The highest BCUT2D eigenvalue weighted by atomic mass is 16.5. The van der Waals surface area contributed by atoms with E-state index in [2.05, 4.69) is 39.9 Å². The minimum absolute atomic E-state index is 0.0250. The van der Waals surface area contributed by atoms with Gasteiger partial charge in [0, 0.05) is 13.2 Å². The monoisotopic (exact) mass is 284 g/mol. The summed E-state index contributed by atoms with van der Waals surface area (Å²) in [5.41, 5.74) is 0. The van der Waals surface area contributed by atoms with Crippen LogP contribution >= 0.6 is 0 Å². The molecular weight excluding hydrogens is 252 g/mol. The highest BCUT2D eigenvalue weighted by molar-refractivity contribution is 5.84. The first kappa shape index (κ1) is 17.4. The van der Waals surface area contributed by atoms with Gasteiger partial charge in [-0.2, -0.15) is 0 Å². The Hall–Kier alpha value is -0.610. The molecule has 118 valence electrons. The van der Waals surface area contributed by atoms with Gasteiger partial charge >= 0.3 is 0 Å². The number of ether oxygens (including phenoxy) is 1. The van der Waals surface area contributed by atoms with Crippen molar-refractivity contribution in [3.8, 4) is 0 Å². The Balaban J connectivity index is 2.54. The Morgan fingerprint density at radius 1 is 1.25 bits per heavy atom. The van der Waals surface area contributed by atoms with E-state index in [0.717, 1.165) is 25.9 Å². The van der Waals surface area contributed by atoms with E-state index in [1.54, 1.807) is 0 Å². The third kappa shape index (κ3) is 4.45.